The molecule has 1 aromatic heterocycles. The van der Waals surface area contributed by atoms with Crippen molar-refractivity contribution in [2.75, 3.05) is 19.6 Å². The maximum Gasteiger partial charge on any atom is 0.245 e. The van der Waals surface area contributed by atoms with Gasteiger partial charge in [0.05, 0.1) is 0 Å². The van der Waals surface area contributed by atoms with Gasteiger partial charge in [-0.3, -0.25) is 14.6 Å². The van der Waals surface area contributed by atoms with Gasteiger partial charge in [0.1, 0.15) is 6.04 Å². The van der Waals surface area contributed by atoms with Crippen LogP contribution in [0.2, 0.25) is 0 Å². The van der Waals surface area contributed by atoms with Crippen LogP contribution in [0.3, 0.4) is 0 Å². The Labute approximate surface area is 144 Å². The molecule has 2 saturated heterocycles. The number of carbonyl (C=O) groups excluding carboxylic acids is 2. The van der Waals surface area contributed by atoms with Crippen LogP contribution in [0.5, 0.6) is 0 Å². The topological polar surface area (TPSA) is 53.5 Å². The lowest BCUT2D eigenvalue weighted by Gasteiger charge is -2.35. The molecule has 0 bridgehead atoms. The Morgan fingerprint density at radius 1 is 1.21 bits per heavy atom. The molecule has 1 unspecified atom stereocenters. The van der Waals surface area contributed by atoms with E-state index in [2.05, 4.69) is 17.1 Å². The number of aromatic nitrogens is 1. The van der Waals surface area contributed by atoms with Crippen molar-refractivity contribution in [1.82, 2.24) is 14.8 Å². The summed E-state index contributed by atoms with van der Waals surface area (Å²) in [4.78, 5) is 32.4. The van der Waals surface area contributed by atoms with Gasteiger partial charge in [0.2, 0.25) is 11.8 Å². The SMILES string of the molecule is CC(=O)N1CCCC1C(=O)N1CCC(Cc2ccnc(C)c2)CC1. The monoisotopic (exact) mass is 329 g/mol. The largest absolute Gasteiger partial charge is 0.341 e. The molecule has 1 aromatic rings. The first-order valence-electron chi connectivity index (χ1n) is 9.02. The van der Waals surface area contributed by atoms with Crippen molar-refractivity contribution in [3.05, 3.63) is 29.6 Å². The highest BCUT2D eigenvalue weighted by Crippen LogP contribution is 2.25. The van der Waals surface area contributed by atoms with Crippen molar-refractivity contribution >= 4 is 11.8 Å². The number of amides is 2. The number of carbonyl (C=O) groups is 2. The third kappa shape index (κ3) is 3.77. The number of rotatable bonds is 3. The van der Waals surface area contributed by atoms with Crippen LogP contribution in [0.4, 0.5) is 0 Å². The molecule has 0 aromatic carbocycles. The number of aryl methyl sites for hydroxylation is 1. The molecule has 24 heavy (non-hydrogen) atoms. The first-order valence-corrected chi connectivity index (χ1v) is 9.02. The smallest absolute Gasteiger partial charge is 0.245 e. The van der Waals surface area contributed by atoms with E-state index in [-0.39, 0.29) is 17.9 Å². The Hall–Kier alpha value is -1.91. The highest BCUT2D eigenvalue weighted by Gasteiger charge is 2.36. The van der Waals surface area contributed by atoms with E-state index >= 15 is 0 Å². The highest BCUT2D eigenvalue weighted by atomic mass is 16.2. The maximum atomic E-state index is 12.7. The second-order valence-electron chi connectivity index (χ2n) is 7.15. The molecule has 0 saturated carbocycles. The van der Waals surface area contributed by atoms with Crippen LogP contribution in [0.25, 0.3) is 0 Å². The number of pyridine rings is 1. The van der Waals surface area contributed by atoms with Crippen molar-refractivity contribution in [2.24, 2.45) is 5.92 Å². The Balaban J connectivity index is 1.53. The minimum atomic E-state index is -0.220. The molecule has 2 fully saturated rings. The van der Waals surface area contributed by atoms with E-state index in [0.29, 0.717) is 5.92 Å². The summed E-state index contributed by atoms with van der Waals surface area (Å²) in [5.74, 6) is 0.804. The molecular weight excluding hydrogens is 302 g/mol. The van der Waals surface area contributed by atoms with Crippen LogP contribution in [-0.2, 0) is 16.0 Å². The third-order valence-electron chi connectivity index (χ3n) is 5.35. The van der Waals surface area contributed by atoms with E-state index < -0.39 is 0 Å². The summed E-state index contributed by atoms with van der Waals surface area (Å²) in [5.41, 5.74) is 2.40. The fourth-order valence-electron chi connectivity index (χ4n) is 4.03. The van der Waals surface area contributed by atoms with E-state index in [1.807, 2.05) is 18.0 Å². The van der Waals surface area contributed by atoms with Crippen molar-refractivity contribution in [2.45, 2.75) is 52.0 Å². The molecule has 0 N–H and O–H groups in total. The molecule has 130 valence electrons. The highest BCUT2D eigenvalue weighted by molar-refractivity contribution is 5.87. The van der Waals surface area contributed by atoms with E-state index in [0.717, 1.165) is 57.4 Å². The number of piperidine rings is 1. The first-order chi connectivity index (χ1) is 11.5. The van der Waals surface area contributed by atoms with Crippen LogP contribution >= 0.6 is 0 Å². The predicted molar refractivity (Wildman–Crippen MR) is 92.4 cm³/mol. The van der Waals surface area contributed by atoms with Crippen LogP contribution < -0.4 is 0 Å². The van der Waals surface area contributed by atoms with Gasteiger partial charge in [-0.1, -0.05) is 0 Å². The lowest BCUT2D eigenvalue weighted by atomic mass is 9.90. The second kappa shape index (κ2) is 7.32. The zero-order valence-electron chi connectivity index (χ0n) is 14.7. The summed E-state index contributed by atoms with van der Waals surface area (Å²) in [6.07, 6.45) is 6.77. The van der Waals surface area contributed by atoms with Gasteiger partial charge in [0, 0.05) is 38.4 Å². The predicted octanol–water partition coefficient (Wildman–Crippen LogP) is 2.18. The fourth-order valence-corrected chi connectivity index (χ4v) is 4.03. The Kier molecular flexibility index (Phi) is 5.17. The van der Waals surface area contributed by atoms with Crippen molar-refractivity contribution in [3.63, 3.8) is 0 Å². The fraction of sp³-hybridized carbons (Fsp3) is 0.632. The molecule has 0 aliphatic carbocycles. The van der Waals surface area contributed by atoms with Gasteiger partial charge in [-0.25, -0.2) is 0 Å². The second-order valence-corrected chi connectivity index (χ2v) is 7.15. The van der Waals surface area contributed by atoms with Crippen LogP contribution in [0, 0.1) is 12.8 Å². The van der Waals surface area contributed by atoms with Crippen molar-refractivity contribution in [1.29, 1.82) is 0 Å². The molecule has 3 heterocycles. The maximum absolute atomic E-state index is 12.7. The zero-order chi connectivity index (χ0) is 17.1. The van der Waals surface area contributed by atoms with Gasteiger partial charge in [0.15, 0.2) is 0 Å². The molecule has 2 aliphatic rings. The Morgan fingerprint density at radius 3 is 2.62 bits per heavy atom. The molecule has 1 atom stereocenters. The van der Waals surface area contributed by atoms with Gasteiger partial charge >= 0.3 is 0 Å². The number of hydrogen-bond donors (Lipinski definition) is 0. The Morgan fingerprint density at radius 2 is 1.96 bits per heavy atom. The number of hydrogen-bond acceptors (Lipinski definition) is 3. The summed E-state index contributed by atoms with van der Waals surface area (Å²) in [6.45, 7) is 5.94. The van der Waals surface area contributed by atoms with Gasteiger partial charge < -0.3 is 9.80 Å². The summed E-state index contributed by atoms with van der Waals surface area (Å²) in [6, 6.07) is 4.02. The number of nitrogens with zero attached hydrogens (tertiary/aromatic N) is 3. The molecule has 5 heteroatoms. The normalized spacial score (nSPS) is 22.0. The van der Waals surface area contributed by atoms with E-state index in [9.17, 15) is 9.59 Å². The first kappa shape index (κ1) is 16.9. The summed E-state index contributed by atoms with van der Waals surface area (Å²) >= 11 is 0. The summed E-state index contributed by atoms with van der Waals surface area (Å²) in [5, 5.41) is 0. The zero-order valence-corrected chi connectivity index (χ0v) is 14.7. The molecule has 2 amide bonds. The summed E-state index contributed by atoms with van der Waals surface area (Å²) in [7, 11) is 0. The lowest BCUT2D eigenvalue weighted by Crippen LogP contribution is -2.49. The average Bonchev–Trinajstić information content (AvgIpc) is 3.05. The Bertz CT molecular complexity index is 608. The van der Waals surface area contributed by atoms with Gasteiger partial charge in [-0.05, 0) is 62.6 Å². The van der Waals surface area contributed by atoms with Crippen molar-refractivity contribution in [3.8, 4) is 0 Å². The molecule has 5 nitrogen and oxygen atoms in total. The lowest BCUT2D eigenvalue weighted by molar-refractivity contribution is -0.143. The quantitative estimate of drug-likeness (QED) is 0.854. The van der Waals surface area contributed by atoms with E-state index in [4.69, 9.17) is 0 Å². The van der Waals surface area contributed by atoms with Crippen LogP contribution in [0.15, 0.2) is 18.3 Å². The average molecular weight is 329 g/mol. The summed E-state index contributed by atoms with van der Waals surface area (Å²) < 4.78 is 0. The molecule has 0 spiro atoms. The molecule has 0 radical (unpaired) electrons. The van der Waals surface area contributed by atoms with E-state index in [1.165, 1.54) is 5.56 Å². The molecule has 3 rings (SSSR count). The van der Waals surface area contributed by atoms with E-state index in [1.54, 1.807) is 11.8 Å². The minimum Gasteiger partial charge on any atom is -0.341 e. The van der Waals surface area contributed by atoms with Crippen molar-refractivity contribution < 1.29 is 9.59 Å². The standard InChI is InChI=1S/C19H27N3O2/c1-14-12-17(5-8-20-14)13-16-6-10-21(11-7-16)19(24)18-4-3-9-22(18)15(2)23/h5,8,12,16,18H,3-4,6-7,9-11,13H2,1-2H3. The molecular formula is C19H27N3O2. The third-order valence-corrected chi connectivity index (χ3v) is 5.35. The minimum absolute atomic E-state index is 0.0220. The molecule has 2 aliphatic heterocycles. The van der Waals surface area contributed by atoms with Gasteiger partial charge in [-0.15, -0.1) is 0 Å². The van der Waals surface area contributed by atoms with Gasteiger partial charge in [-0.2, -0.15) is 0 Å². The number of likely N-dealkylation sites (tertiary alicyclic amines) is 2. The van der Waals surface area contributed by atoms with Gasteiger partial charge in [0.25, 0.3) is 0 Å². The van der Waals surface area contributed by atoms with Crippen LogP contribution in [0.1, 0.15) is 43.9 Å². The van der Waals surface area contributed by atoms with Crippen LogP contribution in [-0.4, -0.2) is 52.3 Å².